The van der Waals surface area contributed by atoms with E-state index in [9.17, 15) is 4.79 Å². The quantitative estimate of drug-likeness (QED) is 0.330. The summed E-state index contributed by atoms with van der Waals surface area (Å²) in [5.74, 6) is 0.0276. The van der Waals surface area contributed by atoms with E-state index in [4.69, 9.17) is 10.5 Å². The van der Waals surface area contributed by atoms with Crippen LogP contribution < -0.4 is 0 Å². The van der Waals surface area contributed by atoms with Crippen molar-refractivity contribution in [1.29, 1.82) is 10.5 Å². The van der Waals surface area contributed by atoms with E-state index < -0.39 is 0 Å². The maximum atomic E-state index is 13.4. The molecular formula is C29H18N2O. The van der Waals surface area contributed by atoms with Crippen LogP contribution in [0.2, 0.25) is 0 Å². The van der Waals surface area contributed by atoms with Crippen molar-refractivity contribution in [1.82, 2.24) is 0 Å². The van der Waals surface area contributed by atoms with Gasteiger partial charge in [-0.15, -0.1) is 0 Å². The van der Waals surface area contributed by atoms with Gasteiger partial charge in [-0.3, -0.25) is 4.79 Å². The first-order chi connectivity index (χ1) is 15.5. The second kappa shape index (κ2) is 7.34. The van der Waals surface area contributed by atoms with Gasteiger partial charge in [0.05, 0.1) is 23.3 Å². The van der Waals surface area contributed by atoms with Crippen LogP contribution in [0.4, 0.5) is 0 Å². The average molecular weight is 410 g/mol. The maximum absolute atomic E-state index is 13.4. The maximum Gasteiger partial charge on any atom is 0.194 e. The molecule has 0 heterocycles. The van der Waals surface area contributed by atoms with E-state index in [0.717, 1.165) is 44.5 Å². The molecule has 1 aliphatic carbocycles. The van der Waals surface area contributed by atoms with Gasteiger partial charge in [-0.2, -0.15) is 10.5 Å². The van der Waals surface area contributed by atoms with Crippen molar-refractivity contribution in [3.63, 3.8) is 0 Å². The molecule has 0 N–H and O–H groups in total. The predicted octanol–water partition coefficient (Wildman–Crippen LogP) is 6.59. The summed E-state index contributed by atoms with van der Waals surface area (Å²) >= 11 is 0. The van der Waals surface area contributed by atoms with Crippen molar-refractivity contribution in [3.8, 4) is 45.5 Å². The fourth-order valence-electron chi connectivity index (χ4n) is 4.45. The van der Waals surface area contributed by atoms with Crippen molar-refractivity contribution in [2.24, 2.45) is 0 Å². The third kappa shape index (κ3) is 3.00. The number of hydrogen-bond donors (Lipinski definition) is 0. The Morgan fingerprint density at radius 2 is 0.906 bits per heavy atom. The Balaban J connectivity index is 1.62. The Hall–Kier alpha value is -4.47. The first-order valence-electron chi connectivity index (χ1n) is 10.4. The summed E-state index contributed by atoms with van der Waals surface area (Å²) in [5, 5.41) is 18.1. The molecule has 0 fully saturated rings. The molecule has 3 heteroatoms. The van der Waals surface area contributed by atoms with Crippen molar-refractivity contribution >= 4 is 5.78 Å². The topological polar surface area (TPSA) is 64.7 Å². The van der Waals surface area contributed by atoms with Crippen LogP contribution in [-0.4, -0.2) is 5.78 Å². The summed E-state index contributed by atoms with van der Waals surface area (Å²) in [6.07, 6.45) is 0. The standard InChI is InChI=1S/C29H18N2O/c1-17-11-25-26-12-18(2)24(22-9-5-20(16-31)6-10-22)14-28(26)29(32)27(25)13-23(17)21-7-3-19(15-30)4-8-21/h3-14H,1-2H3. The molecule has 0 spiro atoms. The molecule has 32 heavy (non-hydrogen) atoms. The Morgan fingerprint density at radius 3 is 1.25 bits per heavy atom. The van der Waals surface area contributed by atoms with Crippen LogP contribution in [0, 0.1) is 36.5 Å². The van der Waals surface area contributed by atoms with Crippen LogP contribution in [-0.2, 0) is 0 Å². The van der Waals surface area contributed by atoms with Crippen LogP contribution in [0.1, 0.15) is 38.2 Å². The molecule has 0 aromatic heterocycles. The fraction of sp³-hybridized carbons (Fsp3) is 0.0690. The van der Waals surface area contributed by atoms with Crippen LogP contribution >= 0.6 is 0 Å². The van der Waals surface area contributed by atoms with E-state index in [1.54, 1.807) is 24.3 Å². The molecule has 1 aliphatic rings. The first kappa shape index (κ1) is 19.5. The zero-order valence-corrected chi connectivity index (χ0v) is 17.7. The number of aryl methyl sites for hydroxylation is 2. The van der Waals surface area contributed by atoms with E-state index in [1.165, 1.54) is 0 Å². The summed E-state index contributed by atoms with van der Waals surface area (Å²) in [7, 11) is 0. The molecule has 0 bridgehead atoms. The average Bonchev–Trinajstić information content (AvgIpc) is 3.08. The lowest BCUT2D eigenvalue weighted by atomic mass is 9.92. The number of ketones is 1. The number of fused-ring (bicyclic) bond motifs is 3. The van der Waals surface area contributed by atoms with Crippen LogP contribution in [0.15, 0.2) is 72.8 Å². The fourth-order valence-corrected chi connectivity index (χ4v) is 4.45. The van der Waals surface area contributed by atoms with E-state index >= 15 is 0 Å². The second-order valence-electron chi connectivity index (χ2n) is 8.13. The summed E-state index contributed by atoms with van der Waals surface area (Å²) in [5.41, 5.74) is 10.7. The molecule has 150 valence electrons. The minimum atomic E-state index is 0.0276. The van der Waals surface area contributed by atoms with Crippen LogP contribution in [0.3, 0.4) is 0 Å². The van der Waals surface area contributed by atoms with Gasteiger partial charge in [0.25, 0.3) is 0 Å². The lowest BCUT2D eigenvalue weighted by molar-refractivity contribution is 0.104. The van der Waals surface area contributed by atoms with E-state index in [-0.39, 0.29) is 5.78 Å². The minimum absolute atomic E-state index is 0.0276. The highest BCUT2D eigenvalue weighted by Crippen LogP contribution is 2.43. The summed E-state index contributed by atoms with van der Waals surface area (Å²) in [6.45, 7) is 4.10. The lowest BCUT2D eigenvalue weighted by Gasteiger charge is -2.11. The smallest absolute Gasteiger partial charge is 0.194 e. The third-order valence-corrected chi connectivity index (χ3v) is 6.16. The zero-order valence-electron chi connectivity index (χ0n) is 17.7. The largest absolute Gasteiger partial charge is 0.289 e. The lowest BCUT2D eigenvalue weighted by Crippen LogP contribution is -1.97. The third-order valence-electron chi connectivity index (χ3n) is 6.16. The van der Waals surface area contributed by atoms with Crippen LogP contribution in [0.5, 0.6) is 0 Å². The first-order valence-corrected chi connectivity index (χ1v) is 10.4. The molecule has 4 aromatic carbocycles. The molecule has 0 saturated carbocycles. The minimum Gasteiger partial charge on any atom is -0.289 e. The Kier molecular flexibility index (Phi) is 4.47. The number of rotatable bonds is 2. The van der Waals surface area contributed by atoms with Gasteiger partial charge >= 0.3 is 0 Å². The van der Waals surface area contributed by atoms with Crippen molar-refractivity contribution < 1.29 is 4.79 Å². The number of hydrogen-bond acceptors (Lipinski definition) is 3. The molecule has 0 amide bonds. The molecule has 4 aromatic rings. The van der Waals surface area contributed by atoms with E-state index in [2.05, 4.69) is 24.3 Å². The van der Waals surface area contributed by atoms with Crippen molar-refractivity contribution in [2.75, 3.05) is 0 Å². The van der Waals surface area contributed by atoms with E-state index in [0.29, 0.717) is 22.3 Å². The van der Waals surface area contributed by atoms with Gasteiger partial charge in [-0.25, -0.2) is 0 Å². The molecule has 0 aliphatic heterocycles. The van der Waals surface area contributed by atoms with Gasteiger partial charge in [0, 0.05) is 11.1 Å². The summed E-state index contributed by atoms with van der Waals surface area (Å²) in [4.78, 5) is 13.4. The molecular weight excluding hydrogens is 392 g/mol. The monoisotopic (exact) mass is 410 g/mol. The number of nitriles is 2. The molecule has 0 saturated heterocycles. The normalized spacial score (nSPS) is 11.4. The Bertz CT molecular complexity index is 1380. The van der Waals surface area contributed by atoms with Crippen LogP contribution in [0.25, 0.3) is 33.4 Å². The molecule has 0 unspecified atom stereocenters. The van der Waals surface area contributed by atoms with Gasteiger partial charge in [0.15, 0.2) is 5.78 Å². The number of carbonyl (C=O) groups excluding carboxylic acids is 1. The van der Waals surface area contributed by atoms with Crippen molar-refractivity contribution in [3.05, 3.63) is 106 Å². The summed E-state index contributed by atoms with van der Waals surface area (Å²) < 4.78 is 0. The van der Waals surface area contributed by atoms with Crippen molar-refractivity contribution in [2.45, 2.75) is 13.8 Å². The van der Waals surface area contributed by atoms with Gasteiger partial charge in [0.2, 0.25) is 0 Å². The highest BCUT2D eigenvalue weighted by molar-refractivity contribution is 6.23. The number of carbonyl (C=O) groups is 1. The highest BCUT2D eigenvalue weighted by atomic mass is 16.1. The summed E-state index contributed by atoms with van der Waals surface area (Å²) in [6, 6.07) is 27.3. The SMILES string of the molecule is Cc1cc2c(cc1-c1ccc(C#N)cc1)C(=O)c1cc(-c3ccc(C#N)cc3)c(C)cc1-2. The van der Waals surface area contributed by atoms with Gasteiger partial charge < -0.3 is 0 Å². The highest BCUT2D eigenvalue weighted by Gasteiger charge is 2.29. The molecule has 3 nitrogen and oxygen atoms in total. The predicted molar refractivity (Wildman–Crippen MR) is 125 cm³/mol. The second-order valence-corrected chi connectivity index (χ2v) is 8.13. The molecule has 5 rings (SSSR count). The zero-order chi connectivity index (χ0) is 22.4. The molecule has 0 radical (unpaired) electrons. The number of benzene rings is 4. The van der Waals surface area contributed by atoms with Gasteiger partial charge in [0.1, 0.15) is 0 Å². The molecule has 0 atom stereocenters. The Morgan fingerprint density at radius 1 is 0.531 bits per heavy atom. The Labute approximate surface area is 186 Å². The number of nitrogens with zero attached hydrogens (tertiary/aromatic N) is 2. The van der Waals surface area contributed by atoms with Gasteiger partial charge in [-0.05, 0) is 94.8 Å². The van der Waals surface area contributed by atoms with Gasteiger partial charge in [-0.1, -0.05) is 36.4 Å². The van der Waals surface area contributed by atoms with E-state index in [1.807, 2.05) is 50.2 Å².